The summed E-state index contributed by atoms with van der Waals surface area (Å²) in [6.45, 7) is 1.82. The lowest BCUT2D eigenvalue weighted by Gasteiger charge is -2.24. The standard InChI is InChI=1S/C13H13ClN6O/c1-7-10-11(17-13(16-7)18-15)20(2)19-12(21-10)8-3-5-9(14)6-4-8/h3-6H,15H2,1-2H3,(H,16,17,18). The van der Waals surface area contributed by atoms with Crippen LogP contribution in [-0.2, 0) is 0 Å². The van der Waals surface area contributed by atoms with Crippen molar-refractivity contribution in [3.8, 4) is 5.75 Å². The number of nitrogens with two attached hydrogens (primary N) is 1. The highest BCUT2D eigenvalue weighted by atomic mass is 35.5. The molecular weight excluding hydrogens is 292 g/mol. The molecule has 3 rings (SSSR count). The first-order valence-electron chi connectivity index (χ1n) is 6.20. The van der Waals surface area contributed by atoms with Crippen LogP contribution in [0.4, 0.5) is 11.8 Å². The molecule has 0 unspecified atom stereocenters. The van der Waals surface area contributed by atoms with Crippen molar-refractivity contribution in [1.82, 2.24) is 9.97 Å². The Morgan fingerprint density at radius 3 is 2.62 bits per heavy atom. The number of hydrogen-bond acceptors (Lipinski definition) is 7. The van der Waals surface area contributed by atoms with Gasteiger partial charge < -0.3 is 4.74 Å². The van der Waals surface area contributed by atoms with Gasteiger partial charge in [-0.2, -0.15) is 4.98 Å². The van der Waals surface area contributed by atoms with Crippen LogP contribution in [-0.4, -0.2) is 22.9 Å². The summed E-state index contributed by atoms with van der Waals surface area (Å²) in [5.74, 6) is 7.22. The molecule has 2 aromatic rings. The second kappa shape index (κ2) is 5.19. The van der Waals surface area contributed by atoms with Crippen LogP contribution in [0, 0.1) is 6.92 Å². The van der Waals surface area contributed by atoms with Gasteiger partial charge in [-0.3, -0.25) is 5.43 Å². The Morgan fingerprint density at radius 1 is 1.24 bits per heavy atom. The third-order valence-corrected chi connectivity index (χ3v) is 3.24. The first-order chi connectivity index (χ1) is 10.1. The summed E-state index contributed by atoms with van der Waals surface area (Å²) in [5.41, 5.74) is 3.90. The van der Waals surface area contributed by atoms with E-state index in [2.05, 4.69) is 20.5 Å². The van der Waals surface area contributed by atoms with Crippen molar-refractivity contribution in [3.05, 3.63) is 40.5 Å². The highest BCUT2D eigenvalue weighted by Crippen LogP contribution is 2.33. The molecule has 2 heterocycles. The van der Waals surface area contributed by atoms with Gasteiger partial charge in [-0.1, -0.05) is 11.6 Å². The Morgan fingerprint density at radius 2 is 1.95 bits per heavy atom. The molecule has 1 aromatic carbocycles. The number of aromatic nitrogens is 2. The Kier molecular flexibility index (Phi) is 3.36. The predicted octanol–water partition coefficient (Wildman–Crippen LogP) is 1.91. The highest BCUT2D eigenvalue weighted by molar-refractivity contribution is 6.30. The van der Waals surface area contributed by atoms with E-state index in [0.29, 0.717) is 34.1 Å². The zero-order valence-electron chi connectivity index (χ0n) is 11.5. The molecule has 0 saturated carbocycles. The van der Waals surface area contributed by atoms with Gasteiger partial charge >= 0.3 is 0 Å². The van der Waals surface area contributed by atoms with Crippen molar-refractivity contribution in [2.75, 3.05) is 17.5 Å². The van der Waals surface area contributed by atoms with Gasteiger partial charge in [0.25, 0.3) is 0 Å². The van der Waals surface area contributed by atoms with Gasteiger partial charge in [-0.15, -0.1) is 5.10 Å². The molecule has 0 radical (unpaired) electrons. The molecule has 1 aromatic heterocycles. The largest absolute Gasteiger partial charge is 0.431 e. The quantitative estimate of drug-likeness (QED) is 0.651. The van der Waals surface area contributed by atoms with Gasteiger partial charge in [0.05, 0.1) is 5.69 Å². The monoisotopic (exact) mass is 304 g/mol. The van der Waals surface area contributed by atoms with Crippen LogP contribution in [0.25, 0.3) is 0 Å². The number of nitrogens with zero attached hydrogens (tertiary/aromatic N) is 4. The SMILES string of the molecule is Cc1nc(NN)nc2c1OC(c1ccc(Cl)cc1)=NN2C. The number of anilines is 2. The normalized spacial score (nSPS) is 13.3. The molecule has 7 nitrogen and oxygen atoms in total. The zero-order valence-corrected chi connectivity index (χ0v) is 12.2. The van der Waals surface area contributed by atoms with Crippen LogP contribution in [0.1, 0.15) is 11.3 Å². The first-order valence-corrected chi connectivity index (χ1v) is 6.57. The van der Waals surface area contributed by atoms with E-state index in [4.69, 9.17) is 22.2 Å². The van der Waals surface area contributed by atoms with Gasteiger partial charge in [-0.05, 0) is 31.2 Å². The van der Waals surface area contributed by atoms with E-state index in [1.807, 2.05) is 19.1 Å². The van der Waals surface area contributed by atoms with Crippen molar-refractivity contribution in [2.45, 2.75) is 6.92 Å². The molecule has 1 aliphatic heterocycles. The van der Waals surface area contributed by atoms with E-state index in [-0.39, 0.29) is 0 Å². The third-order valence-electron chi connectivity index (χ3n) is 2.98. The third kappa shape index (κ3) is 2.48. The lowest BCUT2D eigenvalue weighted by Crippen LogP contribution is -2.27. The summed E-state index contributed by atoms with van der Waals surface area (Å²) in [7, 11) is 1.78. The molecule has 0 aliphatic carbocycles. The lowest BCUT2D eigenvalue weighted by atomic mass is 10.2. The molecule has 0 spiro atoms. The Balaban J connectivity index is 2.02. The van der Waals surface area contributed by atoms with Gasteiger partial charge in [0.1, 0.15) is 0 Å². The van der Waals surface area contributed by atoms with E-state index >= 15 is 0 Å². The number of hydrogen-bond donors (Lipinski definition) is 2. The minimum absolute atomic E-state index is 0.312. The van der Waals surface area contributed by atoms with E-state index < -0.39 is 0 Å². The van der Waals surface area contributed by atoms with Crippen LogP contribution in [0.2, 0.25) is 5.02 Å². The van der Waals surface area contributed by atoms with Gasteiger partial charge in [0, 0.05) is 17.6 Å². The summed E-state index contributed by atoms with van der Waals surface area (Å²) in [6.07, 6.45) is 0. The van der Waals surface area contributed by atoms with Crippen LogP contribution in [0.3, 0.4) is 0 Å². The molecule has 0 atom stereocenters. The van der Waals surface area contributed by atoms with E-state index in [1.165, 1.54) is 0 Å². The van der Waals surface area contributed by atoms with Gasteiger partial charge in [0.15, 0.2) is 11.6 Å². The zero-order chi connectivity index (χ0) is 15.0. The number of fused-ring (bicyclic) bond motifs is 1. The van der Waals surface area contributed by atoms with Crippen LogP contribution < -0.4 is 21.0 Å². The van der Waals surface area contributed by atoms with Crippen LogP contribution in [0.15, 0.2) is 29.4 Å². The fourth-order valence-corrected chi connectivity index (χ4v) is 2.09. The van der Waals surface area contributed by atoms with Crippen molar-refractivity contribution in [2.24, 2.45) is 10.9 Å². The Hall–Kier alpha value is -2.38. The number of halogens is 1. The van der Waals surface area contributed by atoms with Gasteiger partial charge in [0.2, 0.25) is 11.8 Å². The summed E-state index contributed by atoms with van der Waals surface area (Å²) in [6, 6.07) is 7.24. The average molecular weight is 305 g/mol. The van der Waals surface area contributed by atoms with Crippen LogP contribution >= 0.6 is 11.6 Å². The molecule has 0 amide bonds. The number of nitrogen functional groups attached to an aromatic ring is 1. The van der Waals surface area contributed by atoms with Crippen molar-refractivity contribution >= 4 is 29.3 Å². The average Bonchev–Trinajstić information content (AvgIpc) is 2.48. The number of hydrazone groups is 1. The smallest absolute Gasteiger partial charge is 0.244 e. The molecule has 1 aliphatic rings. The van der Waals surface area contributed by atoms with Crippen LogP contribution in [0.5, 0.6) is 5.75 Å². The summed E-state index contributed by atoms with van der Waals surface area (Å²) in [5, 5.41) is 6.64. The number of aryl methyl sites for hydroxylation is 1. The lowest BCUT2D eigenvalue weighted by molar-refractivity contribution is 0.519. The summed E-state index contributed by atoms with van der Waals surface area (Å²) >= 11 is 5.89. The van der Waals surface area contributed by atoms with Crippen molar-refractivity contribution in [1.29, 1.82) is 0 Å². The van der Waals surface area contributed by atoms with Crippen molar-refractivity contribution in [3.63, 3.8) is 0 Å². The molecule has 108 valence electrons. The number of rotatable bonds is 2. The summed E-state index contributed by atoms with van der Waals surface area (Å²) in [4.78, 5) is 8.45. The number of nitrogens with one attached hydrogen (secondary N) is 1. The number of benzene rings is 1. The number of hydrazine groups is 1. The summed E-state index contributed by atoms with van der Waals surface area (Å²) < 4.78 is 5.83. The fourth-order valence-electron chi connectivity index (χ4n) is 1.96. The van der Waals surface area contributed by atoms with Crippen molar-refractivity contribution < 1.29 is 4.74 Å². The highest BCUT2D eigenvalue weighted by Gasteiger charge is 2.24. The molecule has 8 heteroatoms. The molecule has 0 fully saturated rings. The van der Waals surface area contributed by atoms with E-state index in [9.17, 15) is 0 Å². The maximum absolute atomic E-state index is 5.89. The minimum atomic E-state index is 0.312. The maximum Gasteiger partial charge on any atom is 0.244 e. The fraction of sp³-hybridized carbons (Fsp3) is 0.154. The Bertz CT molecular complexity index is 715. The van der Waals surface area contributed by atoms with Gasteiger partial charge in [-0.25, -0.2) is 15.8 Å². The van der Waals surface area contributed by atoms with E-state index in [0.717, 1.165) is 5.56 Å². The second-order valence-electron chi connectivity index (χ2n) is 4.47. The predicted molar refractivity (Wildman–Crippen MR) is 81.6 cm³/mol. The molecule has 0 bridgehead atoms. The second-order valence-corrected chi connectivity index (χ2v) is 4.90. The molecule has 21 heavy (non-hydrogen) atoms. The molecule has 0 saturated heterocycles. The molecular formula is C13H13ClN6O. The molecule has 3 N–H and O–H groups in total. The number of ether oxygens (including phenoxy) is 1. The topological polar surface area (TPSA) is 88.7 Å². The maximum atomic E-state index is 5.89. The first kappa shape index (κ1) is 13.6. The Labute approximate surface area is 126 Å². The minimum Gasteiger partial charge on any atom is -0.431 e. The van der Waals surface area contributed by atoms with E-state index in [1.54, 1.807) is 24.2 Å².